The molecule has 0 spiro atoms. The van der Waals surface area contributed by atoms with E-state index in [1.54, 1.807) is 12.1 Å². The number of rotatable bonds is 1. The van der Waals surface area contributed by atoms with Crippen LogP contribution in [0.15, 0.2) is 16.5 Å². The molecule has 14 heavy (non-hydrogen) atoms. The first-order chi connectivity index (χ1) is 6.70. The summed E-state index contributed by atoms with van der Waals surface area (Å²) in [6, 6.07) is 5.17. The Hall–Kier alpha value is -1.24. The van der Waals surface area contributed by atoms with E-state index in [-0.39, 0.29) is 6.42 Å². The maximum Gasteiger partial charge on any atom is 0.209 e. The molecule has 5 heteroatoms. The highest BCUT2D eigenvalue weighted by Crippen LogP contribution is 2.28. The van der Waals surface area contributed by atoms with Gasteiger partial charge in [-0.25, -0.2) is 4.98 Å². The maximum atomic E-state index is 8.46. The highest BCUT2D eigenvalue weighted by Gasteiger charge is 2.09. The van der Waals surface area contributed by atoms with Crippen LogP contribution in [-0.2, 0) is 6.42 Å². The molecule has 0 amide bonds. The molecule has 0 fully saturated rings. The van der Waals surface area contributed by atoms with Crippen molar-refractivity contribution in [3.8, 4) is 6.07 Å². The number of hydrogen-bond donors (Lipinski definition) is 0. The van der Waals surface area contributed by atoms with E-state index in [1.165, 1.54) is 0 Å². The lowest BCUT2D eigenvalue weighted by atomic mass is 10.3. The van der Waals surface area contributed by atoms with Crippen molar-refractivity contribution in [2.45, 2.75) is 6.42 Å². The molecule has 0 saturated heterocycles. The van der Waals surface area contributed by atoms with Gasteiger partial charge in [0.05, 0.1) is 11.1 Å². The van der Waals surface area contributed by atoms with E-state index in [2.05, 4.69) is 4.98 Å². The number of nitrogens with zero attached hydrogens (tertiary/aromatic N) is 2. The summed E-state index contributed by atoms with van der Waals surface area (Å²) in [5, 5.41) is 9.37. The molecule has 0 saturated carbocycles. The topological polar surface area (TPSA) is 49.8 Å². The van der Waals surface area contributed by atoms with Crippen molar-refractivity contribution < 1.29 is 4.42 Å². The predicted octanol–water partition coefficient (Wildman–Crippen LogP) is 3.20. The highest BCUT2D eigenvalue weighted by atomic mass is 35.5. The second kappa shape index (κ2) is 3.49. The molecule has 3 nitrogen and oxygen atoms in total. The minimum Gasteiger partial charge on any atom is -0.438 e. The van der Waals surface area contributed by atoms with Crippen LogP contribution in [-0.4, -0.2) is 4.98 Å². The molecule has 0 unspecified atom stereocenters. The Balaban J connectivity index is 2.66. The fourth-order valence-corrected chi connectivity index (χ4v) is 1.67. The summed E-state index contributed by atoms with van der Waals surface area (Å²) in [5.41, 5.74) is 1.05. The van der Waals surface area contributed by atoms with Gasteiger partial charge >= 0.3 is 0 Å². The first-order valence-electron chi connectivity index (χ1n) is 3.82. The van der Waals surface area contributed by atoms with Crippen LogP contribution >= 0.6 is 23.2 Å². The Bertz CT molecular complexity index is 527. The third kappa shape index (κ3) is 1.54. The van der Waals surface area contributed by atoms with Crippen LogP contribution in [0.4, 0.5) is 0 Å². The van der Waals surface area contributed by atoms with Crippen molar-refractivity contribution >= 4 is 34.3 Å². The lowest BCUT2D eigenvalue weighted by molar-refractivity contribution is 0.548. The minimum absolute atomic E-state index is 0.128. The predicted molar refractivity (Wildman–Crippen MR) is 53.3 cm³/mol. The van der Waals surface area contributed by atoms with Crippen LogP contribution in [0, 0.1) is 11.3 Å². The van der Waals surface area contributed by atoms with Gasteiger partial charge < -0.3 is 4.42 Å². The van der Waals surface area contributed by atoms with E-state index in [9.17, 15) is 0 Å². The Morgan fingerprint density at radius 2 is 2.21 bits per heavy atom. The van der Waals surface area contributed by atoms with Crippen LogP contribution in [0.5, 0.6) is 0 Å². The van der Waals surface area contributed by atoms with Gasteiger partial charge in [0, 0.05) is 5.02 Å². The second-order valence-electron chi connectivity index (χ2n) is 2.68. The van der Waals surface area contributed by atoms with Crippen molar-refractivity contribution in [1.82, 2.24) is 4.98 Å². The zero-order valence-electron chi connectivity index (χ0n) is 6.92. The minimum atomic E-state index is 0.128. The molecule has 0 aliphatic rings. The Kier molecular flexibility index (Phi) is 2.32. The smallest absolute Gasteiger partial charge is 0.209 e. The molecule has 1 aromatic carbocycles. The summed E-state index contributed by atoms with van der Waals surface area (Å²) in [4.78, 5) is 4.07. The van der Waals surface area contributed by atoms with Crippen LogP contribution < -0.4 is 0 Å². The summed E-state index contributed by atoms with van der Waals surface area (Å²) >= 11 is 11.7. The van der Waals surface area contributed by atoms with Crippen molar-refractivity contribution in [2.24, 2.45) is 0 Å². The fraction of sp³-hybridized carbons (Fsp3) is 0.111. The molecule has 1 heterocycles. The van der Waals surface area contributed by atoms with Gasteiger partial charge in [-0.1, -0.05) is 23.2 Å². The summed E-state index contributed by atoms with van der Waals surface area (Å²) in [6.07, 6.45) is 0.128. The first-order valence-corrected chi connectivity index (χ1v) is 4.57. The molecular formula is C9H4Cl2N2O. The van der Waals surface area contributed by atoms with Gasteiger partial charge in [-0.05, 0) is 12.1 Å². The van der Waals surface area contributed by atoms with Crippen LogP contribution in [0.25, 0.3) is 11.1 Å². The number of nitriles is 1. The van der Waals surface area contributed by atoms with Crippen molar-refractivity contribution in [3.05, 3.63) is 28.1 Å². The summed E-state index contributed by atoms with van der Waals surface area (Å²) < 4.78 is 5.27. The van der Waals surface area contributed by atoms with Crippen molar-refractivity contribution in [1.29, 1.82) is 5.26 Å². The maximum absolute atomic E-state index is 8.46. The van der Waals surface area contributed by atoms with Gasteiger partial charge in [0.2, 0.25) is 5.89 Å². The Morgan fingerprint density at radius 1 is 1.43 bits per heavy atom. The molecular weight excluding hydrogens is 223 g/mol. The SMILES string of the molecule is N#CCc1nc2cc(Cl)cc(Cl)c2o1. The number of fused-ring (bicyclic) bond motifs is 1. The molecule has 0 radical (unpaired) electrons. The van der Waals surface area contributed by atoms with Gasteiger partial charge in [-0.3, -0.25) is 0 Å². The summed E-state index contributed by atoms with van der Waals surface area (Å²) in [5.74, 6) is 0.353. The average molecular weight is 227 g/mol. The highest BCUT2D eigenvalue weighted by molar-refractivity contribution is 6.37. The molecule has 0 atom stereocenters. The van der Waals surface area contributed by atoms with Crippen LogP contribution in [0.1, 0.15) is 5.89 Å². The number of benzene rings is 1. The Morgan fingerprint density at radius 3 is 2.93 bits per heavy atom. The molecule has 2 aromatic rings. The quantitative estimate of drug-likeness (QED) is 0.751. The molecule has 0 aliphatic carbocycles. The normalized spacial score (nSPS) is 10.4. The lowest BCUT2D eigenvalue weighted by Crippen LogP contribution is -1.77. The first kappa shape index (κ1) is 9.32. The molecule has 0 aliphatic heterocycles. The number of aromatic nitrogens is 1. The molecule has 1 aromatic heterocycles. The number of halogens is 2. The largest absolute Gasteiger partial charge is 0.438 e. The van der Waals surface area contributed by atoms with Crippen LogP contribution in [0.2, 0.25) is 10.0 Å². The van der Waals surface area contributed by atoms with Gasteiger partial charge in [0.1, 0.15) is 11.9 Å². The van der Waals surface area contributed by atoms with E-state index < -0.39 is 0 Å². The summed E-state index contributed by atoms with van der Waals surface area (Å²) in [7, 11) is 0. The Labute approximate surface area is 89.9 Å². The number of oxazole rings is 1. The van der Waals surface area contributed by atoms with Crippen molar-refractivity contribution in [2.75, 3.05) is 0 Å². The third-order valence-corrected chi connectivity index (χ3v) is 2.18. The standard InChI is InChI=1S/C9H4Cl2N2O/c10-5-3-6(11)9-7(4-5)13-8(14-9)1-2-12/h3-4H,1H2. The van der Waals surface area contributed by atoms with E-state index >= 15 is 0 Å². The van der Waals surface area contributed by atoms with E-state index in [0.717, 1.165) is 0 Å². The zero-order valence-corrected chi connectivity index (χ0v) is 8.43. The van der Waals surface area contributed by atoms with E-state index in [1.807, 2.05) is 6.07 Å². The molecule has 2 rings (SSSR count). The second-order valence-corrected chi connectivity index (χ2v) is 3.52. The van der Waals surface area contributed by atoms with E-state index in [4.69, 9.17) is 32.9 Å². The van der Waals surface area contributed by atoms with Gasteiger partial charge in [0.25, 0.3) is 0 Å². The van der Waals surface area contributed by atoms with Gasteiger partial charge in [-0.15, -0.1) is 0 Å². The fourth-order valence-electron chi connectivity index (χ4n) is 1.15. The monoisotopic (exact) mass is 226 g/mol. The molecule has 70 valence electrons. The molecule has 0 bridgehead atoms. The summed E-state index contributed by atoms with van der Waals surface area (Å²) in [6.45, 7) is 0. The average Bonchev–Trinajstić information content (AvgIpc) is 2.48. The van der Waals surface area contributed by atoms with Gasteiger partial charge in [-0.2, -0.15) is 5.26 Å². The van der Waals surface area contributed by atoms with Crippen LogP contribution in [0.3, 0.4) is 0 Å². The number of hydrogen-bond acceptors (Lipinski definition) is 3. The third-order valence-electron chi connectivity index (χ3n) is 1.68. The van der Waals surface area contributed by atoms with E-state index in [0.29, 0.717) is 27.0 Å². The molecule has 0 N–H and O–H groups in total. The zero-order chi connectivity index (χ0) is 10.1. The van der Waals surface area contributed by atoms with Crippen molar-refractivity contribution in [3.63, 3.8) is 0 Å². The lowest BCUT2D eigenvalue weighted by Gasteiger charge is -1.91. The van der Waals surface area contributed by atoms with Gasteiger partial charge in [0.15, 0.2) is 5.58 Å².